The highest BCUT2D eigenvalue weighted by Crippen LogP contribution is 2.45. The number of unbranched alkanes of at least 4 members (excludes halogenated alkanes) is 41. The number of hydrogen-bond acceptors (Lipinski definition) is 15. The van der Waals surface area contributed by atoms with Crippen molar-refractivity contribution < 1.29 is 80.2 Å². The topological polar surface area (TPSA) is 237 Å². The lowest BCUT2D eigenvalue weighted by Crippen LogP contribution is -2.30. The van der Waals surface area contributed by atoms with Crippen molar-refractivity contribution in [3.05, 3.63) is 0 Å². The minimum atomic E-state index is -4.95. The molecule has 0 saturated carbocycles. The van der Waals surface area contributed by atoms with Gasteiger partial charge in [0, 0.05) is 25.7 Å². The molecule has 0 radical (unpaired) electrons. The molecule has 0 fully saturated rings. The smallest absolute Gasteiger partial charge is 0.462 e. The van der Waals surface area contributed by atoms with E-state index in [2.05, 4.69) is 41.5 Å². The Bertz CT molecular complexity index is 1790. The summed E-state index contributed by atoms with van der Waals surface area (Å²) in [6, 6.07) is 0. The van der Waals surface area contributed by atoms with Crippen LogP contribution in [0.2, 0.25) is 0 Å². The Morgan fingerprint density at radius 3 is 0.826 bits per heavy atom. The summed E-state index contributed by atoms with van der Waals surface area (Å²) in [6.45, 7) is 9.60. The Kier molecular flexibility index (Phi) is 63.7. The third kappa shape index (κ3) is 65.4. The van der Waals surface area contributed by atoms with E-state index in [4.69, 9.17) is 37.0 Å². The fourth-order valence-corrected chi connectivity index (χ4v) is 12.7. The predicted octanol–water partition coefficient (Wildman–Crippen LogP) is 21.2. The van der Waals surface area contributed by atoms with Gasteiger partial charge in [0.15, 0.2) is 12.2 Å². The van der Waals surface area contributed by atoms with Crippen molar-refractivity contribution in [1.29, 1.82) is 0 Å². The summed E-state index contributed by atoms with van der Waals surface area (Å²) in [5.74, 6) is -0.545. The number of aliphatic hydroxyl groups is 1. The van der Waals surface area contributed by atoms with Gasteiger partial charge in [-0.05, 0) is 37.5 Å². The second-order valence-corrected chi connectivity index (χ2v) is 30.0. The van der Waals surface area contributed by atoms with E-state index < -0.39 is 97.5 Å². The van der Waals surface area contributed by atoms with Gasteiger partial charge < -0.3 is 33.8 Å². The molecule has 0 heterocycles. The summed E-state index contributed by atoms with van der Waals surface area (Å²) < 4.78 is 68.4. The van der Waals surface area contributed by atoms with Gasteiger partial charge in [-0.3, -0.25) is 37.3 Å². The summed E-state index contributed by atoms with van der Waals surface area (Å²) in [4.78, 5) is 72.7. The zero-order valence-electron chi connectivity index (χ0n) is 59.9. The molecule has 546 valence electrons. The van der Waals surface area contributed by atoms with Gasteiger partial charge in [0.05, 0.1) is 26.4 Å². The molecule has 0 spiro atoms. The number of carbonyl (C=O) groups excluding carboxylic acids is 4. The number of ether oxygens (including phenoxy) is 4. The molecule has 92 heavy (non-hydrogen) atoms. The van der Waals surface area contributed by atoms with Crippen molar-refractivity contribution in [3.8, 4) is 0 Å². The van der Waals surface area contributed by atoms with Crippen LogP contribution in [-0.4, -0.2) is 96.7 Å². The van der Waals surface area contributed by atoms with Crippen LogP contribution in [0, 0.1) is 11.8 Å². The summed E-state index contributed by atoms with van der Waals surface area (Å²) in [5.41, 5.74) is 0. The van der Waals surface area contributed by atoms with Gasteiger partial charge in [0.1, 0.15) is 19.3 Å². The summed E-state index contributed by atoms with van der Waals surface area (Å²) in [7, 11) is -9.90. The number of phosphoric acid groups is 2. The quantitative estimate of drug-likeness (QED) is 0.0222. The minimum Gasteiger partial charge on any atom is -0.462 e. The number of rotatable bonds is 72. The molecule has 6 atom stereocenters. The Balaban J connectivity index is 5.25. The van der Waals surface area contributed by atoms with Gasteiger partial charge in [-0.2, -0.15) is 0 Å². The van der Waals surface area contributed by atoms with Crippen molar-refractivity contribution in [2.45, 2.75) is 394 Å². The first-order valence-corrected chi connectivity index (χ1v) is 41.0. The highest BCUT2D eigenvalue weighted by atomic mass is 31.2. The van der Waals surface area contributed by atoms with Crippen LogP contribution in [0.5, 0.6) is 0 Å². The molecule has 0 aliphatic heterocycles. The Morgan fingerprint density at radius 1 is 0.315 bits per heavy atom. The van der Waals surface area contributed by atoms with Gasteiger partial charge in [-0.1, -0.05) is 324 Å². The molecular weight excluding hydrogens is 1210 g/mol. The summed E-state index contributed by atoms with van der Waals surface area (Å²) >= 11 is 0. The van der Waals surface area contributed by atoms with Crippen LogP contribution in [0.15, 0.2) is 0 Å². The van der Waals surface area contributed by atoms with E-state index in [1.54, 1.807) is 0 Å². The van der Waals surface area contributed by atoms with Crippen molar-refractivity contribution in [2.24, 2.45) is 11.8 Å². The van der Waals surface area contributed by atoms with Crippen molar-refractivity contribution in [1.82, 2.24) is 0 Å². The van der Waals surface area contributed by atoms with Gasteiger partial charge in [-0.25, -0.2) is 9.13 Å². The lowest BCUT2D eigenvalue weighted by molar-refractivity contribution is -0.161. The first-order chi connectivity index (χ1) is 44.4. The van der Waals surface area contributed by atoms with Crippen LogP contribution >= 0.6 is 15.6 Å². The van der Waals surface area contributed by atoms with Gasteiger partial charge in [0.2, 0.25) is 0 Å². The van der Waals surface area contributed by atoms with Crippen LogP contribution in [0.4, 0.5) is 0 Å². The zero-order valence-corrected chi connectivity index (χ0v) is 61.6. The molecule has 17 nitrogen and oxygen atoms in total. The van der Waals surface area contributed by atoms with Crippen molar-refractivity contribution in [3.63, 3.8) is 0 Å². The van der Waals surface area contributed by atoms with Crippen LogP contribution in [0.25, 0.3) is 0 Å². The monoisotopic (exact) mass is 1350 g/mol. The fraction of sp³-hybridized carbons (Fsp3) is 0.945. The van der Waals surface area contributed by atoms with Crippen LogP contribution in [0.1, 0.15) is 375 Å². The predicted molar refractivity (Wildman–Crippen MR) is 372 cm³/mol. The standard InChI is InChI=1S/C73H142O17P2/c1-7-10-12-14-16-18-20-27-31-39-45-51-57-72(77)89-68(61-83-70(75)55-49-43-37-30-25-19-17-15-13-11-8-2)63-87-91(79,80)85-59-67(74)60-86-92(81,82)88-64-69(62-84-71(76)56-50-44-38-34-33-36-42-48-54-66(6)9-3)90-73(78)58-52-46-40-32-28-24-22-21-23-26-29-35-41-47-53-65(4)5/h65-69,74H,7-64H2,1-6H3,(H,79,80)(H,81,82)/t66?,67-,68+,69+/m0/s1. The third-order valence-electron chi connectivity index (χ3n) is 17.3. The number of phosphoric ester groups is 2. The third-order valence-corrected chi connectivity index (χ3v) is 19.2. The zero-order chi connectivity index (χ0) is 67.9. The normalized spacial score (nSPS) is 14.4. The van der Waals surface area contributed by atoms with E-state index in [0.29, 0.717) is 25.7 Å². The van der Waals surface area contributed by atoms with Gasteiger partial charge in [-0.15, -0.1) is 0 Å². The van der Waals surface area contributed by atoms with E-state index in [1.165, 1.54) is 193 Å². The number of aliphatic hydroxyl groups excluding tert-OH is 1. The summed E-state index contributed by atoms with van der Waals surface area (Å²) in [6.07, 6.45) is 51.1. The van der Waals surface area contributed by atoms with Crippen LogP contribution in [0.3, 0.4) is 0 Å². The molecule has 0 bridgehead atoms. The Labute approximate surface area is 562 Å². The minimum absolute atomic E-state index is 0.107. The molecular formula is C73H142O17P2. The molecule has 0 amide bonds. The SMILES string of the molecule is CCCCCCCCCCCCCCC(=O)O[C@H](COC(=O)CCCCCCCCCCCCC)COP(=O)(O)OC[C@H](O)COP(=O)(O)OC[C@@H](COC(=O)CCCCCCCCCCC(C)CC)OC(=O)CCCCCCCCCCCCCCCCC(C)C. The number of esters is 4. The molecule has 3 N–H and O–H groups in total. The van der Waals surface area contributed by atoms with Crippen LogP contribution < -0.4 is 0 Å². The van der Waals surface area contributed by atoms with E-state index >= 15 is 0 Å². The molecule has 0 saturated heterocycles. The van der Waals surface area contributed by atoms with Crippen molar-refractivity contribution in [2.75, 3.05) is 39.6 Å². The highest BCUT2D eigenvalue weighted by molar-refractivity contribution is 7.47. The molecule has 0 rings (SSSR count). The van der Waals surface area contributed by atoms with E-state index in [-0.39, 0.29) is 25.7 Å². The molecule has 0 aliphatic rings. The van der Waals surface area contributed by atoms with Gasteiger partial charge in [0.25, 0.3) is 0 Å². The molecule has 0 aromatic heterocycles. The second-order valence-electron chi connectivity index (χ2n) is 27.1. The average Bonchev–Trinajstić information content (AvgIpc) is 2.69. The maximum Gasteiger partial charge on any atom is 0.472 e. The fourth-order valence-electron chi connectivity index (χ4n) is 11.1. The average molecular weight is 1350 g/mol. The molecule has 0 aliphatic carbocycles. The Morgan fingerprint density at radius 2 is 0.554 bits per heavy atom. The van der Waals surface area contributed by atoms with E-state index in [1.807, 2.05) is 0 Å². The van der Waals surface area contributed by atoms with E-state index in [9.17, 15) is 43.2 Å². The number of hydrogen-bond donors (Lipinski definition) is 3. The molecule has 19 heteroatoms. The first kappa shape index (κ1) is 90.1. The largest absolute Gasteiger partial charge is 0.472 e. The highest BCUT2D eigenvalue weighted by Gasteiger charge is 2.30. The van der Waals surface area contributed by atoms with Crippen LogP contribution in [-0.2, 0) is 65.4 Å². The number of carbonyl (C=O) groups is 4. The molecule has 0 aromatic carbocycles. The van der Waals surface area contributed by atoms with E-state index in [0.717, 1.165) is 102 Å². The summed E-state index contributed by atoms with van der Waals surface area (Å²) in [5, 5.41) is 10.6. The molecule has 3 unspecified atom stereocenters. The molecule has 0 aromatic rings. The lowest BCUT2D eigenvalue weighted by atomic mass is 9.99. The van der Waals surface area contributed by atoms with Crippen molar-refractivity contribution >= 4 is 39.5 Å². The maximum absolute atomic E-state index is 13.1. The van der Waals surface area contributed by atoms with Gasteiger partial charge >= 0.3 is 39.5 Å². The Hall–Kier alpha value is -1.94. The lowest BCUT2D eigenvalue weighted by Gasteiger charge is -2.21. The maximum atomic E-state index is 13.1. The second kappa shape index (κ2) is 65.0. The first-order valence-electron chi connectivity index (χ1n) is 38.0.